The molecule has 0 fully saturated rings. The van der Waals surface area contributed by atoms with Gasteiger partial charge in [0, 0.05) is 18.0 Å². The summed E-state index contributed by atoms with van der Waals surface area (Å²) in [6.45, 7) is 0. The SMILES string of the molecule is O=C(CCl)c1ccncc1F.O[C@@H](CCl)c1ccncc1F. The molecule has 22 heavy (non-hydrogen) atoms. The summed E-state index contributed by atoms with van der Waals surface area (Å²) in [4.78, 5) is 17.9. The molecule has 2 aromatic heterocycles. The number of alkyl halides is 2. The van der Waals surface area contributed by atoms with Crippen molar-refractivity contribution in [2.24, 2.45) is 0 Å². The Morgan fingerprint density at radius 3 is 2.23 bits per heavy atom. The Morgan fingerprint density at radius 2 is 1.73 bits per heavy atom. The normalized spacial score (nSPS) is 11.3. The van der Waals surface area contributed by atoms with Crippen molar-refractivity contribution in [1.82, 2.24) is 9.97 Å². The number of rotatable bonds is 4. The highest BCUT2D eigenvalue weighted by Crippen LogP contribution is 2.16. The van der Waals surface area contributed by atoms with Crippen molar-refractivity contribution < 1.29 is 18.7 Å². The quantitative estimate of drug-likeness (QED) is 0.681. The van der Waals surface area contributed by atoms with Crippen LogP contribution in [0.25, 0.3) is 0 Å². The van der Waals surface area contributed by atoms with Crippen molar-refractivity contribution >= 4 is 29.0 Å². The van der Waals surface area contributed by atoms with Crippen LogP contribution in [0.15, 0.2) is 36.9 Å². The van der Waals surface area contributed by atoms with Crippen molar-refractivity contribution in [2.75, 3.05) is 11.8 Å². The molecule has 2 heterocycles. The molecule has 118 valence electrons. The van der Waals surface area contributed by atoms with Gasteiger partial charge >= 0.3 is 0 Å². The van der Waals surface area contributed by atoms with E-state index in [9.17, 15) is 13.6 Å². The van der Waals surface area contributed by atoms with Crippen LogP contribution < -0.4 is 0 Å². The zero-order valence-corrected chi connectivity index (χ0v) is 12.7. The molecule has 2 aromatic rings. The topological polar surface area (TPSA) is 63.1 Å². The Labute approximate surface area is 135 Å². The number of ketones is 1. The molecule has 0 aliphatic heterocycles. The van der Waals surface area contributed by atoms with Crippen molar-refractivity contribution in [3.63, 3.8) is 0 Å². The van der Waals surface area contributed by atoms with Gasteiger partial charge in [-0.25, -0.2) is 8.78 Å². The summed E-state index contributed by atoms with van der Waals surface area (Å²) >= 11 is 10.5. The van der Waals surface area contributed by atoms with Gasteiger partial charge in [-0.15, -0.1) is 23.2 Å². The summed E-state index contributed by atoms with van der Waals surface area (Å²) in [5.41, 5.74) is 0.185. The second-order valence-electron chi connectivity index (χ2n) is 3.98. The zero-order valence-electron chi connectivity index (χ0n) is 11.2. The first kappa shape index (κ1) is 18.4. The van der Waals surface area contributed by atoms with Gasteiger partial charge in [-0.2, -0.15) is 0 Å². The molecule has 0 aromatic carbocycles. The molecule has 2 rings (SSSR count). The van der Waals surface area contributed by atoms with Gasteiger partial charge in [0.05, 0.1) is 35.8 Å². The smallest absolute Gasteiger partial charge is 0.180 e. The number of pyridine rings is 2. The molecule has 1 atom stereocenters. The molecule has 0 amide bonds. The van der Waals surface area contributed by atoms with E-state index < -0.39 is 23.5 Å². The van der Waals surface area contributed by atoms with Crippen LogP contribution in [0, 0.1) is 11.6 Å². The lowest BCUT2D eigenvalue weighted by atomic mass is 10.2. The Hall–Kier alpha value is -1.63. The number of aromatic nitrogens is 2. The van der Waals surface area contributed by atoms with Gasteiger partial charge in [0.25, 0.3) is 0 Å². The second kappa shape index (κ2) is 9.40. The van der Waals surface area contributed by atoms with Crippen LogP contribution in [0.2, 0.25) is 0 Å². The molecule has 0 bridgehead atoms. The predicted octanol–water partition coefficient (Wildman–Crippen LogP) is 3.14. The highest BCUT2D eigenvalue weighted by Gasteiger charge is 2.10. The van der Waals surface area contributed by atoms with Crippen molar-refractivity contribution in [3.8, 4) is 0 Å². The summed E-state index contributed by atoms with van der Waals surface area (Å²) in [7, 11) is 0. The predicted molar refractivity (Wildman–Crippen MR) is 79.1 cm³/mol. The van der Waals surface area contributed by atoms with Crippen LogP contribution in [-0.4, -0.2) is 32.6 Å². The van der Waals surface area contributed by atoms with E-state index in [0.717, 1.165) is 12.4 Å². The lowest BCUT2D eigenvalue weighted by molar-refractivity contribution is 0.101. The summed E-state index contributed by atoms with van der Waals surface area (Å²) in [6, 6.07) is 2.71. The fourth-order valence-electron chi connectivity index (χ4n) is 1.41. The summed E-state index contributed by atoms with van der Waals surface area (Å²) < 4.78 is 25.4. The Balaban J connectivity index is 0.000000220. The van der Waals surface area contributed by atoms with Crippen LogP contribution in [0.3, 0.4) is 0 Å². The van der Waals surface area contributed by atoms with Crippen LogP contribution in [0.1, 0.15) is 22.0 Å². The van der Waals surface area contributed by atoms with Gasteiger partial charge in [-0.1, -0.05) is 0 Å². The number of Topliss-reactive ketones (excluding diaryl/α,β-unsaturated/α-hetero) is 1. The molecular formula is C14H12Cl2F2N2O2. The van der Waals surface area contributed by atoms with Gasteiger partial charge in [-0.05, 0) is 12.1 Å². The zero-order chi connectivity index (χ0) is 16.5. The molecule has 8 heteroatoms. The van der Waals surface area contributed by atoms with Crippen LogP contribution in [0.4, 0.5) is 8.78 Å². The molecule has 0 aliphatic rings. The highest BCUT2D eigenvalue weighted by molar-refractivity contribution is 6.30. The lowest BCUT2D eigenvalue weighted by Crippen LogP contribution is -2.03. The van der Waals surface area contributed by atoms with E-state index in [-0.39, 0.29) is 22.9 Å². The minimum atomic E-state index is -0.945. The summed E-state index contributed by atoms with van der Waals surface area (Å²) in [5, 5.41) is 9.11. The van der Waals surface area contributed by atoms with E-state index in [1.165, 1.54) is 24.5 Å². The van der Waals surface area contributed by atoms with Gasteiger partial charge < -0.3 is 5.11 Å². The lowest BCUT2D eigenvalue weighted by Gasteiger charge is -2.06. The number of carbonyl (C=O) groups excluding carboxylic acids is 1. The Morgan fingerprint density at radius 1 is 1.14 bits per heavy atom. The van der Waals surface area contributed by atoms with E-state index in [1.54, 1.807) is 0 Å². The van der Waals surface area contributed by atoms with E-state index in [2.05, 4.69) is 9.97 Å². The van der Waals surface area contributed by atoms with Crippen LogP contribution in [0.5, 0.6) is 0 Å². The first-order valence-electron chi connectivity index (χ1n) is 6.03. The highest BCUT2D eigenvalue weighted by atomic mass is 35.5. The molecule has 0 radical (unpaired) electrons. The number of carbonyl (C=O) groups is 1. The summed E-state index contributed by atoms with van der Waals surface area (Å²) in [6.07, 6.45) is 3.85. The average Bonchev–Trinajstić information content (AvgIpc) is 2.55. The number of hydrogen-bond donors (Lipinski definition) is 1. The molecular weight excluding hydrogens is 337 g/mol. The van der Waals surface area contributed by atoms with E-state index in [1.807, 2.05) is 0 Å². The first-order chi connectivity index (χ1) is 10.5. The van der Waals surface area contributed by atoms with Crippen LogP contribution >= 0.6 is 23.2 Å². The Kier molecular flexibility index (Phi) is 7.87. The molecule has 0 unspecified atom stereocenters. The molecule has 0 saturated carbocycles. The maximum absolute atomic E-state index is 12.7. The van der Waals surface area contributed by atoms with Crippen molar-refractivity contribution in [3.05, 3.63) is 59.7 Å². The monoisotopic (exact) mass is 348 g/mol. The largest absolute Gasteiger partial charge is 0.387 e. The van der Waals surface area contributed by atoms with E-state index in [4.69, 9.17) is 28.3 Å². The number of halogens is 4. The summed E-state index contributed by atoms with van der Waals surface area (Å²) in [5.74, 6) is -1.80. The maximum atomic E-state index is 12.7. The number of aliphatic hydroxyl groups is 1. The fraction of sp³-hybridized carbons (Fsp3) is 0.214. The van der Waals surface area contributed by atoms with Crippen LogP contribution in [-0.2, 0) is 0 Å². The maximum Gasteiger partial charge on any atom is 0.180 e. The van der Waals surface area contributed by atoms with Gasteiger partial charge in [0.2, 0.25) is 0 Å². The van der Waals surface area contributed by atoms with E-state index in [0.29, 0.717) is 0 Å². The van der Waals surface area contributed by atoms with Gasteiger partial charge in [0.15, 0.2) is 11.6 Å². The Bertz CT molecular complexity index is 629. The minimum absolute atomic E-state index is 0.00463. The third kappa shape index (κ3) is 5.29. The molecule has 0 aliphatic carbocycles. The number of hydrogen-bond acceptors (Lipinski definition) is 4. The van der Waals surface area contributed by atoms with Crippen molar-refractivity contribution in [1.29, 1.82) is 0 Å². The molecule has 0 spiro atoms. The fourth-order valence-corrected chi connectivity index (χ4v) is 1.72. The minimum Gasteiger partial charge on any atom is -0.387 e. The van der Waals surface area contributed by atoms with Gasteiger partial charge in [0.1, 0.15) is 5.82 Å². The molecule has 0 saturated heterocycles. The number of nitrogens with zero attached hydrogens (tertiary/aromatic N) is 2. The third-order valence-corrected chi connectivity index (χ3v) is 3.04. The van der Waals surface area contributed by atoms with Gasteiger partial charge in [-0.3, -0.25) is 14.8 Å². The third-order valence-electron chi connectivity index (χ3n) is 2.50. The first-order valence-corrected chi connectivity index (χ1v) is 7.10. The van der Waals surface area contributed by atoms with E-state index >= 15 is 0 Å². The number of aliphatic hydroxyl groups excluding tert-OH is 1. The molecule has 1 N–H and O–H groups in total. The standard InChI is InChI=1S/C7H7ClFNO.C7H5ClFNO/c2*8-3-7(11)5-1-2-10-4-6(5)9/h1-2,4,7,11H,3H2;1-2,4H,3H2/t7-;/m0./s1. The second-order valence-corrected chi connectivity index (χ2v) is 4.56. The van der Waals surface area contributed by atoms with Crippen molar-refractivity contribution in [2.45, 2.75) is 6.10 Å². The molecule has 4 nitrogen and oxygen atoms in total. The average molecular weight is 349 g/mol.